The van der Waals surface area contributed by atoms with Gasteiger partial charge in [0.25, 0.3) is 0 Å². The van der Waals surface area contributed by atoms with Crippen LogP contribution in [0.25, 0.3) is 0 Å². The summed E-state index contributed by atoms with van der Waals surface area (Å²) >= 11 is 0. The molecule has 3 heteroatoms. The first-order chi connectivity index (χ1) is 6.83. The van der Waals surface area contributed by atoms with Gasteiger partial charge in [-0.2, -0.15) is 5.10 Å². The molecule has 0 aliphatic carbocycles. The second-order valence-electron chi connectivity index (χ2n) is 5.90. The molecule has 0 saturated heterocycles. The van der Waals surface area contributed by atoms with Gasteiger partial charge in [0.15, 0.2) is 0 Å². The van der Waals surface area contributed by atoms with E-state index in [1.807, 2.05) is 4.68 Å². The van der Waals surface area contributed by atoms with Gasteiger partial charge < -0.3 is 0 Å². The lowest BCUT2D eigenvalue weighted by molar-refractivity contribution is 0.114. The van der Waals surface area contributed by atoms with Crippen molar-refractivity contribution in [1.82, 2.24) is 14.8 Å². The number of aromatic nitrogens is 3. The zero-order valence-corrected chi connectivity index (χ0v) is 10.6. The van der Waals surface area contributed by atoms with Gasteiger partial charge in [-0.3, -0.25) is 4.68 Å². The molecule has 0 aliphatic rings. The summed E-state index contributed by atoms with van der Waals surface area (Å²) in [5.74, 6) is 0. The van der Waals surface area contributed by atoms with Crippen molar-refractivity contribution in [2.75, 3.05) is 0 Å². The zero-order valence-electron chi connectivity index (χ0n) is 10.6. The highest BCUT2D eigenvalue weighted by Crippen LogP contribution is 2.41. The van der Waals surface area contributed by atoms with Gasteiger partial charge in [-0.25, -0.2) is 4.98 Å². The predicted octanol–water partition coefficient (Wildman–Crippen LogP) is 3.13. The SMILES string of the molecule is CC(C)(C)C(C)(C)CCCn1cncn1. The second kappa shape index (κ2) is 4.33. The van der Waals surface area contributed by atoms with Crippen molar-refractivity contribution in [3.05, 3.63) is 12.7 Å². The minimum atomic E-state index is 0.357. The van der Waals surface area contributed by atoms with Gasteiger partial charge in [-0.05, 0) is 23.7 Å². The second-order valence-corrected chi connectivity index (χ2v) is 5.90. The van der Waals surface area contributed by atoms with Gasteiger partial charge in [0.1, 0.15) is 12.7 Å². The Morgan fingerprint density at radius 2 is 1.80 bits per heavy atom. The van der Waals surface area contributed by atoms with E-state index in [1.54, 1.807) is 12.7 Å². The van der Waals surface area contributed by atoms with E-state index in [4.69, 9.17) is 0 Å². The van der Waals surface area contributed by atoms with Crippen molar-refractivity contribution in [2.24, 2.45) is 10.8 Å². The lowest BCUT2D eigenvalue weighted by Gasteiger charge is -2.39. The molecule has 1 rings (SSSR count). The monoisotopic (exact) mass is 209 g/mol. The Hall–Kier alpha value is -0.860. The van der Waals surface area contributed by atoms with Gasteiger partial charge in [-0.1, -0.05) is 34.6 Å². The maximum atomic E-state index is 4.10. The summed E-state index contributed by atoms with van der Waals surface area (Å²) in [7, 11) is 0. The Morgan fingerprint density at radius 3 is 2.27 bits per heavy atom. The highest BCUT2D eigenvalue weighted by Gasteiger charge is 2.31. The zero-order chi connectivity index (χ0) is 11.5. The van der Waals surface area contributed by atoms with Crippen LogP contribution in [0, 0.1) is 10.8 Å². The third-order valence-corrected chi connectivity index (χ3v) is 3.69. The van der Waals surface area contributed by atoms with E-state index in [0.717, 1.165) is 13.0 Å². The molecule has 0 saturated carbocycles. The molecule has 0 unspecified atom stereocenters. The summed E-state index contributed by atoms with van der Waals surface area (Å²) in [4.78, 5) is 3.94. The predicted molar refractivity (Wildman–Crippen MR) is 62.5 cm³/mol. The summed E-state index contributed by atoms with van der Waals surface area (Å²) in [5.41, 5.74) is 0.725. The number of rotatable bonds is 4. The fourth-order valence-electron chi connectivity index (χ4n) is 1.41. The van der Waals surface area contributed by atoms with Crippen LogP contribution in [0.4, 0.5) is 0 Å². The topological polar surface area (TPSA) is 30.7 Å². The van der Waals surface area contributed by atoms with E-state index >= 15 is 0 Å². The molecule has 86 valence electrons. The van der Waals surface area contributed by atoms with E-state index in [9.17, 15) is 0 Å². The Kier molecular flexibility index (Phi) is 3.53. The standard InChI is InChI=1S/C12H23N3/c1-11(2,3)12(4,5)7-6-8-15-10-13-9-14-15/h9-10H,6-8H2,1-5H3. The first kappa shape index (κ1) is 12.2. The van der Waals surface area contributed by atoms with Crippen LogP contribution in [0.1, 0.15) is 47.5 Å². The van der Waals surface area contributed by atoms with E-state index < -0.39 is 0 Å². The lowest BCUT2D eigenvalue weighted by atomic mass is 9.67. The summed E-state index contributed by atoms with van der Waals surface area (Å²) in [6.45, 7) is 12.6. The Balaban J connectivity index is 2.37. The van der Waals surface area contributed by atoms with E-state index in [0.29, 0.717) is 10.8 Å². The first-order valence-electron chi connectivity index (χ1n) is 5.65. The molecule has 0 amide bonds. The van der Waals surface area contributed by atoms with Crippen LogP contribution in [0.15, 0.2) is 12.7 Å². The molecule has 0 spiro atoms. The number of hydrogen-bond donors (Lipinski definition) is 0. The quantitative estimate of drug-likeness (QED) is 0.762. The molecule has 0 N–H and O–H groups in total. The molecule has 0 radical (unpaired) electrons. The molecule has 0 fully saturated rings. The van der Waals surface area contributed by atoms with E-state index in [-0.39, 0.29) is 0 Å². The Bertz CT molecular complexity index is 280. The minimum absolute atomic E-state index is 0.357. The summed E-state index contributed by atoms with van der Waals surface area (Å²) in [6.07, 6.45) is 5.75. The van der Waals surface area contributed by atoms with Gasteiger partial charge in [0.2, 0.25) is 0 Å². The molecule has 0 aliphatic heterocycles. The van der Waals surface area contributed by atoms with Gasteiger partial charge in [0, 0.05) is 6.54 Å². The lowest BCUT2D eigenvalue weighted by Crippen LogP contribution is -2.29. The van der Waals surface area contributed by atoms with Crippen molar-refractivity contribution >= 4 is 0 Å². The summed E-state index contributed by atoms with van der Waals surface area (Å²) in [6, 6.07) is 0. The maximum absolute atomic E-state index is 4.10. The molecule has 0 aromatic carbocycles. The molecular weight excluding hydrogens is 186 g/mol. The molecular formula is C12H23N3. The van der Waals surface area contributed by atoms with E-state index in [2.05, 4.69) is 44.7 Å². The van der Waals surface area contributed by atoms with Crippen LogP contribution in [0.2, 0.25) is 0 Å². The largest absolute Gasteiger partial charge is 0.253 e. The molecule has 0 bridgehead atoms. The smallest absolute Gasteiger partial charge is 0.137 e. The highest BCUT2D eigenvalue weighted by molar-refractivity contribution is 4.82. The average molecular weight is 209 g/mol. The van der Waals surface area contributed by atoms with Crippen LogP contribution in [0.3, 0.4) is 0 Å². The van der Waals surface area contributed by atoms with Crippen LogP contribution < -0.4 is 0 Å². The minimum Gasteiger partial charge on any atom is -0.253 e. The fourth-order valence-corrected chi connectivity index (χ4v) is 1.41. The van der Waals surface area contributed by atoms with E-state index in [1.165, 1.54) is 6.42 Å². The summed E-state index contributed by atoms with van der Waals surface area (Å²) < 4.78 is 1.90. The van der Waals surface area contributed by atoms with Gasteiger partial charge in [0.05, 0.1) is 0 Å². The molecule has 15 heavy (non-hydrogen) atoms. The fraction of sp³-hybridized carbons (Fsp3) is 0.833. The van der Waals surface area contributed by atoms with Crippen molar-refractivity contribution in [2.45, 2.75) is 54.0 Å². The maximum Gasteiger partial charge on any atom is 0.137 e. The third-order valence-electron chi connectivity index (χ3n) is 3.69. The third kappa shape index (κ3) is 3.33. The van der Waals surface area contributed by atoms with Gasteiger partial charge in [-0.15, -0.1) is 0 Å². The highest BCUT2D eigenvalue weighted by atomic mass is 15.3. The Labute approximate surface area is 92.9 Å². The van der Waals surface area contributed by atoms with Crippen molar-refractivity contribution in [3.63, 3.8) is 0 Å². The number of nitrogens with zero attached hydrogens (tertiary/aromatic N) is 3. The molecule has 3 nitrogen and oxygen atoms in total. The van der Waals surface area contributed by atoms with Crippen LogP contribution in [-0.4, -0.2) is 14.8 Å². The average Bonchev–Trinajstić information content (AvgIpc) is 2.54. The number of hydrogen-bond acceptors (Lipinski definition) is 2. The van der Waals surface area contributed by atoms with Crippen LogP contribution >= 0.6 is 0 Å². The normalized spacial score (nSPS) is 13.1. The Morgan fingerprint density at radius 1 is 1.13 bits per heavy atom. The molecule has 1 heterocycles. The van der Waals surface area contributed by atoms with Gasteiger partial charge >= 0.3 is 0 Å². The summed E-state index contributed by atoms with van der Waals surface area (Å²) in [5, 5.41) is 4.10. The van der Waals surface area contributed by atoms with Crippen molar-refractivity contribution in [3.8, 4) is 0 Å². The van der Waals surface area contributed by atoms with Crippen LogP contribution in [0.5, 0.6) is 0 Å². The van der Waals surface area contributed by atoms with Crippen molar-refractivity contribution < 1.29 is 0 Å². The number of aryl methyl sites for hydroxylation is 1. The molecule has 1 aromatic heterocycles. The first-order valence-corrected chi connectivity index (χ1v) is 5.65. The van der Waals surface area contributed by atoms with Crippen molar-refractivity contribution in [1.29, 1.82) is 0 Å². The molecule has 0 atom stereocenters. The molecule has 1 aromatic rings. The van der Waals surface area contributed by atoms with Crippen LogP contribution in [-0.2, 0) is 6.54 Å².